The highest BCUT2D eigenvalue weighted by atomic mass is 16.1. The SMILES string of the molecule is CCC1CC(NC(=O)C(C)C)CN(C2CC(C)C2)C1. The number of likely N-dealkylation sites (tertiary alicyclic amines) is 1. The molecule has 2 unspecified atom stereocenters. The van der Waals surface area contributed by atoms with E-state index in [1.807, 2.05) is 13.8 Å². The van der Waals surface area contributed by atoms with Gasteiger partial charge < -0.3 is 5.32 Å². The fraction of sp³-hybridized carbons (Fsp3) is 0.938. The zero-order chi connectivity index (χ0) is 14.0. The smallest absolute Gasteiger partial charge is 0.222 e. The molecule has 1 saturated carbocycles. The number of carbonyl (C=O) groups is 1. The Kier molecular flexibility index (Phi) is 4.88. The van der Waals surface area contributed by atoms with E-state index in [1.165, 1.54) is 25.8 Å². The van der Waals surface area contributed by atoms with Gasteiger partial charge in [-0.1, -0.05) is 34.1 Å². The van der Waals surface area contributed by atoms with Crippen molar-refractivity contribution in [3.8, 4) is 0 Å². The van der Waals surface area contributed by atoms with E-state index in [2.05, 4.69) is 24.1 Å². The van der Waals surface area contributed by atoms with E-state index in [1.54, 1.807) is 0 Å². The van der Waals surface area contributed by atoms with Crippen LogP contribution in [0, 0.1) is 17.8 Å². The number of carbonyl (C=O) groups excluding carboxylic acids is 1. The minimum absolute atomic E-state index is 0.0965. The summed E-state index contributed by atoms with van der Waals surface area (Å²) in [6.45, 7) is 10.9. The summed E-state index contributed by atoms with van der Waals surface area (Å²) in [5.74, 6) is 1.96. The summed E-state index contributed by atoms with van der Waals surface area (Å²) in [5.41, 5.74) is 0. The van der Waals surface area contributed by atoms with Crippen molar-refractivity contribution < 1.29 is 4.79 Å². The summed E-state index contributed by atoms with van der Waals surface area (Å²) in [7, 11) is 0. The molecule has 19 heavy (non-hydrogen) atoms. The first-order valence-corrected chi connectivity index (χ1v) is 8.04. The minimum atomic E-state index is 0.0965. The molecule has 0 bridgehead atoms. The van der Waals surface area contributed by atoms with Crippen LogP contribution in [0.15, 0.2) is 0 Å². The van der Waals surface area contributed by atoms with E-state index in [9.17, 15) is 4.79 Å². The van der Waals surface area contributed by atoms with Gasteiger partial charge in [-0.25, -0.2) is 0 Å². The van der Waals surface area contributed by atoms with Crippen LogP contribution in [0.2, 0.25) is 0 Å². The van der Waals surface area contributed by atoms with Crippen LogP contribution in [0.4, 0.5) is 0 Å². The number of nitrogens with one attached hydrogen (secondary N) is 1. The molecule has 2 atom stereocenters. The van der Waals surface area contributed by atoms with Crippen LogP contribution >= 0.6 is 0 Å². The number of hydrogen-bond acceptors (Lipinski definition) is 2. The van der Waals surface area contributed by atoms with Crippen molar-refractivity contribution in [2.24, 2.45) is 17.8 Å². The van der Waals surface area contributed by atoms with E-state index in [0.717, 1.165) is 30.8 Å². The zero-order valence-corrected chi connectivity index (χ0v) is 13.0. The lowest BCUT2D eigenvalue weighted by molar-refractivity contribution is -0.125. The van der Waals surface area contributed by atoms with Crippen molar-refractivity contribution in [2.75, 3.05) is 13.1 Å². The number of rotatable bonds is 4. The molecule has 3 nitrogen and oxygen atoms in total. The highest BCUT2D eigenvalue weighted by molar-refractivity contribution is 5.78. The fourth-order valence-electron chi connectivity index (χ4n) is 3.47. The fourth-order valence-corrected chi connectivity index (χ4v) is 3.47. The van der Waals surface area contributed by atoms with E-state index in [4.69, 9.17) is 0 Å². The lowest BCUT2D eigenvalue weighted by atomic mass is 9.78. The number of amides is 1. The molecule has 0 spiro atoms. The molecule has 2 fully saturated rings. The molecule has 1 aliphatic heterocycles. The van der Waals surface area contributed by atoms with Crippen LogP contribution in [0.1, 0.15) is 53.4 Å². The summed E-state index contributed by atoms with van der Waals surface area (Å²) in [6.07, 6.45) is 5.09. The Labute approximate surface area is 118 Å². The molecule has 2 aliphatic rings. The van der Waals surface area contributed by atoms with Gasteiger partial charge in [0, 0.05) is 31.1 Å². The van der Waals surface area contributed by atoms with Gasteiger partial charge in [-0.05, 0) is 31.1 Å². The summed E-state index contributed by atoms with van der Waals surface area (Å²) < 4.78 is 0. The Bertz CT molecular complexity index is 310. The number of piperidine rings is 1. The molecule has 0 aromatic rings. The normalized spacial score (nSPS) is 36.1. The van der Waals surface area contributed by atoms with Crippen molar-refractivity contribution in [1.29, 1.82) is 0 Å². The molecule has 3 heteroatoms. The van der Waals surface area contributed by atoms with Gasteiger partial charge in [0.05, 0.1) is 0 Å². The number of hydrogen-bond donors (Lipinski definition) is 1. The summed E-state index contributed by atoms with van der Waals surface area (Å²) in [6, 6.07) is 1.15. The average Bonchev–Trinajstić information content (AvgIpc) is 2.34. The van der Waals surface area contributed by atoms with Gasteiger partial charge in [0.25, 0.3) is 0 Å². The quantitative estimate of drug-likeness (QED) is 0.848. The molecule has 0 radical (unpaired) electrons. The predicted octanol–water partition coefficient (Wildman–Crippen LogP) is 2.66. The van der Waals surface area contributed by atoms with Crippen LogP contribution in [0.5, 0.6) is 0 Å². The number of nitrogens with zero attached hydrogens (tertiary/aromatic N) is 1. The molecule has 0 aromatic carbocycles. The van der Waals surface area contributed by atoms with Gasteiger partial charge in [0.1, 0.15) is 0 Å². The molecular weight excluding hydrogens is 236 g/mol. The van der Waals surface area contributed by atoms with E-state index < -0.39 is 0 Å². The summed E-state index contributed by atoms with van der Waals surface area (Å²) >= 11 is 0. The van der Waals surface area contributed by atoms with Gasteiger partial charge in [-0.15, -0.1) is 0 Å². The van der Waals surface area contributed by atoms with Crippen molar-refractivity contribution in [3.05, 3.63) is 0 Å². The standard InChI is InChI=1S/C16H30N2O/c1-5-13-8-14(17-16(19)11(2)3)10-18(9-13)15-6-12(4)7-15/h11-15H,5-10H2,1-4H3,(H,17,19). The Balaban J connectivity index is 1.90. The Morgan fingerprint density at radius 2 is 1.95 bits per heavy atom. The van der Waals surface area contributed by atoms with Gasteiger partial charge >= 0.3 is 0 Å². The third-order valence-corrected chi connectivity index (χ3v) is 4.88. The van der Waals surface area contributed by atoms with Crippen molar-refractivity contribution in [3.63, 3.8) is 0 Å². The van der Waals surface area contributed by atoms with Gasteiger partial charge in [0.15, 0.2) is 0 Å². The lowest BCUT2D eigenvalue weighted by Gasteiger charge is -2.47. The highest BCUT2D eigenvalue weighted by Crippen LogP contribution is 2.34. The largest absolute Gasteiger partial charge is 0.352 e. The summed E-state index contributed by atoms with van der Waals surface area (Å²) in [5, 5.41) is 3.25. The maximum absolute atomic E-state index is 11.9. The molecule has 0 aromatic heterocycles. The van der Waals surface area contributed by atoms with E-state index in [-0.39, 0.29) is 11.8 Å². The predicted molar refractivity (Wildman–Crippen MR) is 78.9 cm³/mol. The van der Waals surface area contributed by atoms with E-state index >= 15 is 0 Å². The zero-order valence-electron chi connectivity index (χ0n) is 13.0. The monoisotopic (exact) mass is 266 g/mol. The summed E-state index contributed by atoms with van der Waals surface area (Å²) in [4.78, 5) is 14.5. The van der Waals surface area contributed by atoms with Crippen LogP contribution < -0.4 is 5.32 Å². The first-order valence-electron chi connectivity index (χ1n) is 8.04. The molecule has 1 saturated heterocycles. The third-order valence-electron chi connectivity index (χ3n) is 4.88. The second kappa shape index (κ2) is 6.25. The maximum atomic E-state index is 11.9. The van der Waals surface area contributed by atoms with Crippen LogP contribution in [-0.4, -0.2) is 36.0 Å². The molecule has 1 aliphatic carbocycles. The topological polar surface area (TPSA) is 32.3 Å². The van der Waals surface area contributed by atoms with Crippen molar-refractivity contribution >= 4 is 5.91 Å². The van der Waals surface area contributed by atoms with Gasteiger partial charge in [0.2, 0.25) is 5.91 Å². The molecule has 1 N–H and O–H groups in total. The van der Waals surface area contributed by atoms with Gasteiger partial charge in [-0.3, -0.25) is 9.69 Å². The Morgan fingerprint density at radius 3 is 2.47 bits per heavy atom. The first-order chi connectivity index (χ1) is 8.99. The van der Waals surface area contributed by atoms with E-state index in [0.29, 0.717) is 6.04 Å². The van der Waals surface area contributed by atoms with Crippen molar-refractivity contribution in [2.45, 2.75) is 65.5 Å². The second-order valence-electron chi connectivity index (χ2n) is 7.05. The molecule has 1 heterocycles. The molecular formula is C16H30N2O. The lowest BCUT2D eigenvalue weighted by Crippen LogP contribution is -2.56. The third kappa shape index (κ3) is 3.71. The minimum Gasteiger partial charge on any atom is -0.352 e. The van der Waals surface area contributed by atoms with Crippen LogP contribution in [-0.2, 0) is 4.79 Å². The Hall–Kier alpha value is -0.570. The molecule has 110 valence electrons. The molecule has 1 amide bonds. The van der Waals surface area contributed by atoms with Crippen LogP contribution in [0.3, 0.4) is 0 Å². The Morgan fingerprint density at radius 1 is 1.26 bits per heavy atom. The highest BCUT2D eigenvalue weighted by Gasteiger charge is 2.36. The second-order valence-corrected chi connectivity index (χ2v) is 7.05. The molecule has 2 rings (SSSR count). The van der Waals surface area contributed by atoms with Crippen molar-refractivity contribution in [1.82, 2.24) is 10.2 Å². The average molecular weight is 266 g/mol. The first kappa shape index (κ1) is 14.8. The van der Waals surface area contributed by atoms with Crippen LogP contribution in [0.25, 0.3) is 0 Å². The van der Waals surface area contributed by atoms with Gasteiger partial charge in [-0.2, -0.15) is 0 Å². The maximum Gasteiger partial charge on any atom is 0.222 e.